The maximum atomic E-state index is 10.3. The molecular weight excluding hydrogens is 326 g/mol. The van der Waals surface area contributed by atoms with E-state index in [0.717, 1.165) is 47.9 Å². The minimum Gasteiger partial charge on any atom is -0.386 e. The summed E-state index contributed by atoms with van der Waals surface area (Å²) in [5.41, 5.74) is 2.55. The number of pyridine rings is 2. The predicted octanol–water partition coefficient (Wildman–Crippen LogP) is 2.79. The predicted molar refractivity (Wildman–Crippen MR) is 103 cm³/mol. The Morgan fingerprint density at radius 1 is 1.27 bits per heavy atom. The summed E-state index contributed by atoms with van der Waals surface area (Å²) in [7, 11) is 0. The van der Waals surface area contributed by atoms with Crippen LogP contribution in [0, 0.1) is 0 Å². The van der Waals surface area contributed by atoms with Gasteiger partial charge in [0.2, 0.25) is 0 Å². The van der Waals surface area contributed by atoms with Crippen molar-refractivity contribution in [2.24, 2.45) is 0 Å². The topological polar surface area (TPSA) is 74.5 Å². The van der Waals surface area contributed by atoms with Gasteiger partial charge in [0.25, 0.3) is 0 Å². The van der Waals surface area contributed by atoms with Gasteiger partial charge in [-0.15, -0.1) is 0 Å². The fourth-order valence-electron chi connectivity index (χ4n) is 3.37. The van der Waals surface area contributed by atoms with Gasteiger partial charge in [-0.2, -0.15) is 0 Å². The van der Waals surface area contributed by atoms with Crippen LogP contribution >= 0.6 is 0 Å². The third kappa shape index (κ3) is 3.43. The quantitative estimate of drug-likeness (QED) is 0.674. The molecule has 1 atom stereocenters. The zero-order valence-electron chi connectivity index (χ0n) is 15.2. The van der Waals surface area contributed by atoms with Crippen LogP contribution in [0.15, 0.2) is 42.7 Å². The van der Waals surface area contributed by atoms with Gasteiger partial charge in [0, 0.05) is 18.8 Å². The molecule has 26 heavy (non-hydrogen) atoms. The van der Waals surface area contributed by atoms with E-state index >= 15 is 0 Å². The van der Waals surface area contributed by atoms with E-state index in [2.05, 4.69) is 15.6 Å². The summed E-state index contributed by atoms with van der Waals surface area (Å²) >= 11 is 0. The Morgan fingerprint density at radius 2 is 2.15 bits per heavy atom. The van der Waals surface area contributed by atoms with Crippen molar-refractivity contribution in [1.29, 1.82) is 0 Å². The van der Waals surface area contributed by atoms with Crippen LogP contribution < -0.4 is 10.6 Å². The van der Waals surface area contributed by atoms with Gasteiger partial charge in [-0.25, -0.2) is 9.97 Å². The molecule has 6 heteroatoms. The summed E-state index contributed by atoms with van der Waals surface area (Å²) in [5.74, 6) is 0.879. The number of aliphatic hydroxyl groups is 1. The molecule has 0 amide bonds. The molecule has 3 aromatic heterocycles. The Kier molecular flexibility index (Phi) is 4.38. The largest absolute Gasteiger partial charge is 0.386 e. The van der Waals surface area contributed by atoms with Gasteiger partial charge in [-0.05, 0) is 57.0 Å². The molecule has 0 spiro atoms. The molecule has 1 aliphatic heterocycles. The van der Waals surface area contributed by atoms with Crippen LogP contribution in [0.25, 0.3) is 17.0 Å². The Labute approximate surface area is 153 Å². The summed E-state index contributed by atoms with van der Waals surface area (Å²) in [5, 5.41) is 17.2. The first-order chi connectivity index (χ1) is 12.5. The van der Waals surface area contributed by atoms with Crippen LogP contribution in [0.5, 0.6) is 0 Å². The number of rotatable bonds is 4. The molecular formula is C20H25N5O. The summed E-state index contributed by atoms with van der Waals surface area (Å²) in [6.45, 7) is 5.63. The van der Waals surface area contributed by atoms with Crippen molar-refractivity contribution in [3.8, 4) is 11.4 Å². The van der Waals surface area contributed by atoms with E-state index in [9.17, 15) is 5.11 Å². The van der Waals surface area contributed by atoms with E-state index in [1.54, 1.807) is 13.8 Å². The summed E-state index contributed by atoms with van der Waals surface area (Å²) in [6.07, 6.45) is 6.11. The van der Waals surface area contributed by atoms with Crippen molar-refractivity contribution < 1.29 is 5.11 Å². The second-order valence-electron chi connectivity index (χ2n) is 7.44. The van der Waals surface area contributed by atoms with Crippen molar-refractivity contribution in [3.05, 3.63) is 48.3 Å². The molecule has 1 saturated heterocycles. The molecule has 3 aromatic rings. The molecule has 0 aliphatic carbocycles. The van der Waals surface area contributed by atoms with Crippen molar-refractivity contribution in [1.82, 2.24) is 19.7 Å². The number of nitrogens with zero attached hydrogens (tertiary/aromatic N) is 3. The maximum absolute atomic E-state index is 10.3. The lowest BCUT2D eigenvalue weighted by molar-refractivity contribution is 0.0782. The Bertz CT molecular complexity index is 906. The van der Waals surface area contributed by atoms with Crippen molar-refractivity contribution in [2.75, 3.05) is 18.4 Å². The Hall–Kier alpha value is -2.44. The summed E-state index contributed by atoms with van der Waals surface area (Å²) < 4.78 is 1.99. The van der Waals surface area contributed by atoms with E-state index in [4.69, 9.17) is 4.98 Å². The monoisotopic (exact) mass is 351 g/mol. The zero-order chi connectivity index (χ0) is 18.1. The molecule has 0 saturated carbocycles. The molecule has 136 valence electrons. The number of hydrogen-bond acceptors (Lipinski definition) is 5. The van der Waals surface area contributed by atoms with Gasteiger partial charge in [-0.1, -0.05) is 12.1 Å². The number of imidazole rings is 1. The lowest BCUT2D eigenvalue weighted by atomic mass is 10.0. The number of aromatic nitrogens is 3. The van der Waals surface area contributed by atoms with Crippen LogP contribution in [0.1, 0.15) is 32.3 Å². The second kappa shape index (κ2) is 6.70. The molecule has 4 heterocycles. The van der Waals surface area contributed by atoms with E-state index in [1.807, 2.05) is 47.1 Å². The lowest BCUT2D eigenvalue weighted by Gasteiger charge is -2.24. The Balaban J connectivity index is 1.67. The van der Waals surface area contributed by atoms with Gasteiger partial charge >= 0.3 is 0 Å². The normalized spacial score (nSPS) is 18.2. The molecule has 1 fully saturated rings. The highest BCUT2D eigenvalue weighted by atomic mass is 16.3. The molecule has 1 aliphatic rings. The van der Waals surface area contributed by atoms with Gasteiger partial charge in [0.15, 0.2) is 0 Å². The number of anilines is 1. The molecule has 0 radical (unpaired) electrons. The smallest absolute Gasteiger partial charge is 0.137 e. The summed E-state index contributed by atoms with van der Waals surface area (Å²) in [4.78, 5) is 9.26. The van der Waals surface area contributed by atoms with E-state index < -0.39 is 5.60 Å². The molecule has 1 unspecified atom stereocenters. The van der Waals surface area contributed by atoms with E-state index in [1.165, 1.54) is 6.42 Å². The lowest BCUT2D eigenvalue weighted by Crippen LogP contribution is -2.38. The van der Waals surface area contributed by atoms with Crippen LogP contribution in [0.3, 0.4) is 0 Å². The minimum atomic E-state index is -0.902. The third-order valence-electron chi connectivity index (χ3n) is 4.87. The first-order valence-corrected chi connectivity index (χ1v) is 9.15. The molecule has 0 bridgehead atoms. The van der Waals surface area contributed by atoms with Crippen molar-refractivity contribution in [3.63, 3.8) is 0 Å². The average Bonchev–Trinajstić information content (AvgIpc) is 3.05. The molecule has 4 rings (SSSR count). The second-order valence-corrected chi connectivity index (χ2v) is 7.44. The first-order valence-electron chi connectivity index (χ1n) is 9.15. The SMILES string of the molecule is CC(C)(O)c1ccc2ncc(-c3cccc(NC4CCCNC4)n3)n2c1. The van der Waals surface area contributed by atoms with Crippen LogP contribution in [-0.4, -0.2) is 38.6 Å². The number of fused-ring (bicyclic) bond motifs is 1. The number of hydrogen-bond donors (Lipinski definition) is 3. The highest BCUT2D eigenvalue weighted by Gasteiger charge is 2.18. The van der Waals surface area contributed by atoms with Crippen LogP contribution in [0.4, 0.5) is 5.82 Å². The highest BCUT2D eigenvalue weighted by molar-refractivity contribution is 5.62. The van der Waals surface area contributed by atoms with E-state index in [0.29, 0.717) is 6.04 Å². The fraction of sp³-hybridized carbons (Fsp3) is 0.400. The fourth-order valence-corrected chi connectivity index (χ4v) is 3.37. The van der Waals surface area contributed by atoms with Gasteiger partial charge in [0.1, 0.15) is 11.5 Å². The Morgan fingerprint density at radius 3 is 2.92 bits per heavy atom. The van der Waals surface area contributed by atoms with Gasteiger partial charge in [-0.3, -0.25) is 4.40 Å². The number of nitrogens with one attached hydrogen (secondary N) is 2. The molecule has 6 nitrogen and oxygen atoms in total. The summed E-state index contributed by atoms with van der Waals surface area (Å²) in [6, 6.07) is 10.3. The maximum Gasteiger partial charge on any atom is 0.137 e. The number of piperidine rings is 1. The average molecular weight is 351 g/mol. The van der Waals surface area contributed by atoms with Gasteiger partial charge < -0.3 is 15.7 Å². The third-order valence-corrected chi connectivity index (χ3v) is 4.87. The minimum absolute atomic E-state index is 0.412. The molecule has 3 N–H and O–H groups in total. The van der Waals surface area contributed by atoms with Crippen LogP contribution in [-0.2, 0) is 5.60 Å². The van der Waals surface area contributed by atoms with Crippen molar-refractivity contribution in [2.45, 2.75) is 38.3 Å². The molecule has 0 aromatic carbocycles. The first kappa shape index (κ1) is 17.0. The zero-order valence-corrected chi connectivity index (χ0v) is 15.2. The van der Waals surface area contributed by atoms with Crippen LogP contribution in [0.2, 0.25) is 0 Å². The van der Waals surface area contributed by atoms with Crippen molar-refractivity contribution >= 4 is 11.5 Å². The van der Waals surface area contributed by atoms with Gasteiger partial charge in [0.05, 0.1) is 23.2 Å². The standard InChI is InChI=1S/C20H25N5O/c1-20(2,26)14-8-9-19-22-12-17(25(19)13-14)16-6-3-7-18(24-16)23-15-5-4-10-21-11-15/h3,6-9,12-13,15,21,26H,4-5,10-11H2,1-2H3,(H,23,24). The highest BCUT2D eigenvalue weighted by Crippen LogP contribution is 2.25. The van der Waals surface area contributed by atoms with E-state index in [-0.39, 0.29) is 0 Å².